The Balaban J connectivity index is 1.73. The van der Waals surface area contributed by atoms with Crippen molar-refractivity contribution in [1.29, 1.82) is 0 Å². The minimum atomic E-state index is -0.134. The molecule has 2 amide bonds. The van der Waals surface area contributed by atoms with E-state index in [4.69, 9.17) is 9.47 Å². The van der Waals surface area contributed by atoms with Crippen molar-refractivity contribution in [3.8, 4) is 0 Å². The topological polar surface area (TPSA) is 59.6 Å². The summed E-state index contributed by atoms with van der Waals surface area (Å²) in [5.41, 5.74) is 0.195. The summed E-state index contributed by atoms with van der Waals surface area (Å²) in [4.78, 5) is 11.8. The van der Waals surface area contributed by atoms with E-state index in [9.17, 15) is 4.79 Å². The first-order chi connectivity index (χ1) is 8.58. The number of amides is 2. The average Bonchev–Trinajstić information content (AvgIpc) is 2.68. The van der Waals surface area contributed by atoms with Gasteiger partial charge in [-0.15, -0.1) is 0 Å². The van der Waals surface area contributed by atoms with E-state index >= 15 is 0 Å². The van der Waals surface area contributed by atoms with Gasteiger partial charge in [-0.3, -0.25) is 0 Å². The normalized spacial score (nSPS) is 25.7. The van der Waals surface area contributed by atoms with E-state index in [1.165, 1.54) is 12.8 Å². The third-order valence-corrected chi connectivity index (χ3v) is 3.69. The minimum Gasteiger partial charge on any atom is -0.494 e. The van der Waals surface area contributed by atoms with Gasteiger partial charge in [0, 0.05) is 6.04 Å². The molecule has 1 atom stereocenters. The number of carbonyl (C=O) groups excluding carboxylic acids is 1. The van der Waals surface area contributed by atoms with E-state index in [1.807, 2.05) is 0 Å². The fraction of sp³-hybridized carbons (Fsp3) is 0.769. The summed E-state index contributed by atoms with van der Waals surface area (Å²) in [6.07, 6.45) is 4.96. The molecule has 0 spiro atoms. The maximum atomic E-state index is 11.8. The Labute approximate surface area is 108 Å². The van der Waals surface area contributed by atoms with Gasteiger partial charge < -0.3 is 20.1 Å². The first-order valence-electron chi connectivity index (χ1n) is 6.56. The molecule has 1 unspecified atom stereocenters. The van der Waals surface area contributed by atoms with Crippen LogP contribution in [0.5, 0.6) is 0 Å². The largest absolute Gasteiger partial charge is 0.494 e. The van der Waals surface area contributed by atoms with Crippen molar-refractivity contribution in [2.45, 2.75) is 39.2 Å². The minimum absolute atomic E-state index is 0.134. The number of nitrogens with one attached hydrogen (secondary N) is 2. The van der Waals surface area contributed by atoms with Crippen LogP contribution < -0.4 is 10.6 Å². The first-order valence-corrected chi connectivity index (χ1v) is 6.56. The highest BCUT2D eigenvalue weighted by Crippen LogP contribution is 2.36. The molecule has 1 heterocycles. The van der Waals surface area contributed by atoms with Gasteiger partial charge in [-0.1, -0.05) is 20.3 Å². The highest BCUT2D eigenvalue weighted by Gasteiger charge is 2.35. The molecule has 1 saturated carbocycles. The van der Waals surface area contributed by atoms with Crippen LogP contribution in [0.3, 0.4) is 0 Å². The maximum absolute atomic E-state index is 11.8. The van der Waals surface area contributed by atoms with Gasteiger partial charge in [0.2, 0.25) is 0 Å². The van der Waals surface area contributed by atoms with Gasteiger partial charge in [0.05, 0.1) is 6.54 Å². The van der Waals surface area contributed by atoms with Crippen LogP contribution in [-0.4, -0.2) is 31.8 Å². The molecule has 2 N–H and O–H groups in total. The highest BCUT2D eigenvalue weighted by molar-refractivity contribution is 5.74. The van der Waals surface area contributed by atoms with Gasteiger partial charge in [0.1, 0.15) is 25.2 Å². The second kappa shape index (κ2) is 5.50. The zero-order valence-corrected chi connectivity index (χ0v) is 11.1. The van der Waals surface area contributed by atoms with E-state index < -0.39 is 0 Å². The number of urea groups is 1. The van der Waals surface area contributed by atoms with E-state index in [0.29, 0.717) is 25.5 Å². The summed E-state index contributed by atoms with van der Waals surface area (Å²) in [6.45, 7) is 5.90. The molecular formula is C13H22N2O3. The smallest absolute Gasteiger partial charge is 0.315 e. The molecule has 5 heteroatoms. The molecule has 2 aliphatic rings. The van der Waals surface area contributed by atoms with E-state index in [0.717, 1.165) is 6.42 Å². The monoisotopic (exact) mass is 254 g/mol. The van der Waals surface area contributed by atoms with Crippen LogP contribution in [-0.2, 0) is 9.47 Å². The van der Waals surface area contributed by atoms with Crippen molar-refractivity contribution >= 4 is 6.03 Å². The molecule has 0 bridgehead atoms. The molecule has 2 rings (SSSR count). The van der Waals surface area contributed by atoms with Crippen LogP contribution in [0.2, 0.25) is 0 Å². The van der Waals surface area contributed by atoms with Crippen LogP contribution in [0.15, 0.2) is 12.0 Å². The van der Waals surface area contributed by atoms with E-state index in [-0.39, 0.29) is 17.5 Å². The summed E-state index contributed by atoms with van der Waals surface area (Å²) in [7, 11) is 0. The van der Waals surface area contributed by atoms with Gasteiger partial charge in [0.15, 0.2) is 0 Å². The van der Waals surface area contributed by atoms with Crippen LogP contribution in [0.25, 0.3) is 0 Å². The number of ether oxygens (including phenoxy) is 2. The van der Waals surface area contributed by atoms with Crippen molar-refractivity contribution in [3.05, 3.63) is 12.0 Å². The molecule has 0 saturated heterocycles. The molecule has 102 valence electrons. The molecule has 0 radical (unpaired) electrons. The lowest BCUT2D eigenvalue weighted by Crippen LogP contribution is -2.47. The van der Waals surface area contributed by atoms with Crippen molar-refractivity contribution < 1.29 is 14.3 Å². The lowest BCUT2D eigenvalue weighted by molar-refractivity contribution is 0.0816. The van der Waals surface area contributed by atoms with Crippen molar-refractivity contribution in [2.24, 2.45) is 5.41 Å². The first kappa shape index (κ1) is 13.1. The van der Waals surface area contributed by atoms with Crippen LogP contribution in [0.1, 0.15) is 33.1 Å². The Morgan fingerprint density at radius 2 is 2.33 bits per heavy atom. The van der Waals surface area contributed by atoms with Crippen LogP contribution >= 0.6 is 0 Å². The second-order valence-electron chi connectivity index (χ2n) is 5.56. The maximum Gasteiger partial charge on any atom is 0.315 e. The quantitative estimate of drug-likeness (QED) is 0.806. The van der Waals surface area contributed by atoms with Crippen LogP contribution in [0, 0.1) is 5.41 Å². The Hall–Kier alpha value is -1.39. The third kappa shape index (κ3) is 3.31. The Morgan fingerprint density at radius 3 is 2.94 bits per heavy atom. The molecule has 0 aromatic rings. The van der Waals surface area contributed by atoms with Gasteiger partial charge >= 0.3 is 6.03 Å². The lowest BCUT2D eigenvalue weighted by Gasteiger charge is -2.28. The summed E-state index contributed by atoms with van der Waals surface area (Å²) in [5.74, 6) is 0.669. The van der Waals surface area contributed by atoms with Crippen molar-refractivity contribution in [3.63, 3.8) is 0 Å². The Morgan fingerprint density at radius 1 is 1.50 bits per heavy atom. The number of rotatable bonds is 3. The molecule has 5 nitrogen and oxygen atoms in total. The molecule has 0 aromatic carbocycles. The summed E-state index contributed by atoms with van der Waals surface area (Å²) >= 11 is 0. The van der Waals surface area contributed by atoms with Gasteiger partial charge in [-0.25, -0.2) is 4.79 Å². The zero-order chi connectivity index (χ0) is 13.0. The second-order valence-corrected chi connectivity index (χ2v) is 5.56. The van der Waals surface area contributed by atoms with Crippen LogP contribution in [0.4, 0.5) is 4.79 Å². The molecule has 1 aliphatic carbocycles. The van der Waals surface area contributed by atoms with Crippen molar-refractivity contribution in [1.82, 2.24) is 10.6 Å². The van der Waals surface area contributed by atoms with E-state index in [1.54, 1.807) is 6.26 Å². The molecule has 1 aliphatic heterocycles. The third-order valence-electron chi connectivity index (χ3n) is 3.69. The molecule has 0 aromatic heterocycles. The average molecular weight is 254 g/mol. The number of hydrogen-bond donors (Lipinski definition) is 2. The van der Waals surface area contributed by atoms with Crippen molar-refractivity contribution in [2.75, 3.05) is 19.8 Å². The molecule has 1 fully saturated rings. The van der Waals surface area contributed by atoms with Gasteiger partial charge in [-0.2, -0.15) is 0 Å². The summed E-state index contributed by atoms with van der Waals surface area (Å²) < 4.78 is 10.5. The summed E-state index contributed by atoms with van der Waals surface area (Å²) in [5, 5.41) is 5.83. The summed E-state index contributed by atoms with van der Waals surface area (Å²) in [6, 6.07) is 0.125. The predicted octanol–water partition coefficient (Wildman–Crippen LogP) is 1.75. The lowest BCUT2D eigenvalue weighted by atomic mass is 9.87. The van der Waals surface area contributed by atoms with Gasteiger partial charge in [0.25, 0.3) is 0 Å². The Kier molecular flexibility index (Phi) is 3.99. The predicted molar refractivity (Wildman–Crippen MR) is 67.9 cm³/mol. The van der Waals surface area contributed by atoms with E-state index in [2.05, 4.69) is 24.5 Å². The zero-order valence-electron chi connectivity index (χ0n) is 11.1. The number of carbonyl (C=O) groups is 1. The fourth-order valence-electron chi connectivity index (χ4n) is 2.47. The SMILES string of the molecule is CC1(C)CCCC1NC(=O)NCC1=COCCO1. The van der Waals surface area contributed by atoms with Gasteiger partial charge in [-0.05, 0) is 18.3 Å². The Bertz CT molecular complexity index is 339. The standard InChI is InChI=1S/C13H22N2O3/c1-13(2)5-3-4-11(13)15-12(16)14-8-10-9-17-6-7-18-10/h9,11H,3-8H2,1-2H3,(H2,14,15,16). The molecule has 18 heavy (non-hydrogen) atoms. The highest BCUT2D eigenvalue weighted by atomic mass is 16.6. The molecular weight excluding hydrogens is 232 g/mol. The fourth-order valence-corrected chi connectivity index (χ4v) is 2.47. The number of hydrogen-bond acceptors (Lipinski definition) is 3.